The highest BCUT2D eigenvalue weighted by Crippen LogP contribution is 2.25. The summed E-state index contributed by atoms with van der Waals surface area (Å²) in [5, 5.41) is 0. The predicted octanol–water partition coefficient (Wildman–Crippen LogP) is 5.09. The highest BCUT2D eigenvalue weighted by molar-refractivity contribution is 7.16. The van der Waals surface area contributed by atoms with E-state index in [4.69, 9.17) is 20.8 Å². The zero-order chi connectivity index (χ0) is 16.9. The molecule has 24 heavy (non-hydrogen) atoms. The maximum Gasteiger partial charge on any atom is 0.209 e. The second-order valence-electron chi connectivity index (χ2n) is 5.36. The van der Waals surface area contributed by atoms with Crippen molar-refractivity contribution in [2.45, 2.75) is 20.0 Å². The number of halogens is 1. The van der Waals surface area contributed by atoms with E-state index < -0.39 is 0 Å². The lowest BCUT2D eigenvalue weighted by Crippen LogP contribution is -2.21. The van der Waals surface area contributed by atoms with Crippen LogP contribution in [0.4, 0.5) is 0 Å². The normalized spacial score (nSPS) is 11.2. The monoisotopic (exact) mass is 362 g/mol. The first-order valence-electron chi connectivity index (χ1n) is 7.73. The number of hydrogen-bond donors (Lipinski definition) is 0. The average molecular weight is 363 g/mol. The predicted molar refractivity (Wildman–Crippen MR) is 97.6 cm³/mol. The molecular weight excluding hydrogens is 344 g/mol. The van der Waals surface area contributed by atoms with Gasteiger partial charge in [-0.2, -0.15) is 0 Å². The Bertz CT molecular complexity index is 782. The fraction of sp³-hybridized carbons (Fsp3) is 0.278. The number of nitrogens with zero attached hydrogens (tertiary/aromatic N) is 2. The summed E-state index contributed by atoms with van der Waals surface area (Å²) >= 11 is 7.61. The first-order chi connectivity index (χ1) is 11.7. The van der Waals surface area contributed by atoms with Crippen LogP contribution in [0.3, 0.4) is 0 Å². The molecule has 1 aromatic carbocycles. The number of ether oxygens (including phenoxy) is 1. The molecule has 0 saturated heterocycles. The first kappa shape index (κ1) is 17.0. The summed E-state index contributed by atoms with van der Waals surface area (Å²) in [5.41, 5.74) is 0.989. The summed E-state index contributed by atoms with van der Waals surface area (Å²) in [6, 6.07) is 11.8. The van der Waals surface area contributed by atoms with E-state index >= 15 is 0 Å². The molecule has 0 aliphatic heterocycles. The SMILES string of the molecule is CCN(Cc1ncc(-c2ccc(OC)cc2)o1)Cc1ccc(Cl)s1. The van der Waals surface area contributed by atoms with Gasteiger partial charge < -0.3 is 9.15 Å². The maximum atomic E-state index is 6.00. The molecule has 2 aromatic heterocycles. The lowest BCUT2D eigenvalue weighted by Gasteiger charge is -2.17. The molecule has 4 nitrogen and oxygen atoms in total. The zero-order valence-electron chi connectivity index (χ0n) is 13.7. The van der Waals surface area contributed by atoms with Crippen LogP contribution in [0.2, 0.25) is 4.34 Å². The summed E-state index contributed by atoms with van der Waals surface area (Å²) in [4.78, 5) is 7.92. The van der Waals surface area contributed by atoms with E-state index in [2.05, 4.69) is 22.9 Å². The first-order valence-corrected chi connectivity index (χ1v) is 8.93. The number of aromatic nitrogens is 1. The molecule has 3 aromatic rings. The van der Waals surface area contributed by atoms with Gasteiger partial charge in [-0.05, 0) is 42.9 Å². The molecule has 0 unspecified atom stereocenters. The molecule has 3 rings (SSSR count). The van der Waals surface area contributed by atoms with Gasteiger partial charge in [-0.15, -0.1) is 11.3 Å². The minimum absolute atomic E-state index is 0.669. The topological polar surface area (TPSA) is 38.5 Å². The van der Waals surface area contributed by atoms with Gasteiger partial charge in [0, 0.05) is 17.0 Å². The molecule has 6 heteroatoms. The van der Waals surface area contributed by atoms with Gasteiger partial charge in [0.05, 0.1) is 24.2 Å². The Morgan fingerprint density at radius 2 is 1.96 bits per heavy atom. The van der Waals surface area contributed by atoms with Crippen LogP contribution in [0.1, 0.15) is 17.7 Å². The molecule has 0 aliphatic carbocycles. The standard InChI is InChI=1S/C18H19ClN2O2S/c1-3-21(11-15-8-9-17(19)24-15)12-18-20-10-16(23-18)13-4-6-14(22-2)7-5-13/h4-10H,3,11-12H2,1-2H3. The van der Waals surface area contributed by atoms with Gasteiger partial charge in [0.15, 0.2) is 5.76 Å². The van der Waals surface area contributed by atoms with Gasteiger partial charge in [-0.1, -0.05) is 18.5 Å². The van der Waals surface area contributed by atoms with Gasteiger partial charge in [-0.3, -0.25) is 4.90 Å². The lowest BCUT2D eigenvalue weighted by molar-refractivity contribution is 0.245. The van der Waals surface area contributed by atoms with Gasteiger partial charge >= 0.3 is 0 Å². The molecule has 0 spiro atoms. The van der Waals surface area contributed by atoms with Crippen molar-refractivity contribution in [2.24, 2.45) is 0 Å². The van der Waals surface area contributed by atoms with Crippen molar-refractivity contribution in [1.29, 1.82) is 0 Å². The van der Waals surface area contributed by atoms with Gasteiger partial charge in [0.1, 0.15) is 5.75 Å². The van der Waals surface area contributed by atoms with E-state index in [1.54, 1.807) is 24.6 Å². The molecule has 2 heterocycles. The molecule has 0 N–H and O–H groups in total. The number of oxazole rings is 1. The Hall–Kier alpha value is -1.82. The maximum absolute atomic E-state index is 6.00. The third-order valence-electron chi connectivity index (χ3n) is 3.74. The number of methoxy groups -OCH3 is 1. The van der Waals surface area contributed by atoms with Crippen LogP contribution in [0.25, 0.3) is 11.3 Å². The zero-order valence-corrected chi connectivity index (χ0v) is 15.2. The van der Waals surface area contributed by atoms with Crippen LogP contribution < -0.4 is 4.74 Å². The third kappa shape index (κ3) is 4.17. The second-order valence-corrected chi connectivity index (χ2v) is 7.16. The summed E-state index contributed by atoms with van der Waals surface area (Å²) in [5.74, 6) is 2.30. The third-order valence-corrected chi connectivity index (χ3v) is 4.96. The minimum Gasteiger partial charge on any atom is -0.497 e. The highest BCUT2D eigenvalue weighted by atomic mass is 35.5. The van der Waals surface area contributed by atoms with Gasteiger partial charge in [0.25, 0.3) is 0 Å². The summed E-state index contributed by atoms with van der Waals surface area (Å²) in [6.07, 6.45) is 1.77. The van der Waals surface area contributed by atoms with Crippen LogP contribution in [-0.4, -0.2) is 23.5 Å². The molecule has 0 atom stereocenters. The summed E-state index contributed by atoms with van der Waals surface area (Å²) in [7, 11) is 1.65. The molecule has 0 fully saturated rings. The molecule has 0 bridgehead atoms. The van der Waals surface area contributed by atoms with Crippen LogP contribution in [0.15, 0.2) is 47.0 Å². The number of thiophene rings is 1. The quantitative estimate of drug-likeness (QED) is 0.587. The van der Waals surface area contributed by atoms with Crippen molar-refractivity contribution in [3.63, 3.8) is 0 Å². The number of rotatable bonds is 7. The fourth-order valence-corrected chi connectivity index (χ4v) is 3.53. The van der Waals surface area contributed by atoms with Crippen LogP contribution in [-0.2, 0) is 13.1 Å². The van der Waals surface area contributed by atoms with Crippen LogP contribution in [0.5, 0.6) is 5.75 Å². The largest absolute Gasteiger partial charge is 0.497 e. The Kier molecular flexibility index (Phi) is 5.56. The molecule has 0 amide bonds. The smallest absolute Gasteiger partial charge is 0.209 e. The Balaban J connectivity index is 1.67. The molecule has 0 radical (unpaired) electrons. The fourth-order valence-electron chi connectivity index (χ4n) is 2.40. The van der Waals surface area contributed by atoms with Crippen molar-refractivity contribution in [3.8, 4) is 17.1 Å². The van der Waals surface area contributed by atoms with Gasteiger partial charge in [0.2, 0.25) is 5.89 Å². The summed E-state index contributed by atoms with van der Waals surface area (Å²) < 4.78 is 11.9. The van der Waals surface area contributed by atoms with Crippen LogP contribution >= 0.6 is 22.9 Å². The molecular formula is C18H19ClN2O2S. The van der Waals surface area contributed by atoms with E-state index in [9.17, 15) is 0 Å². The van der Waals surface area contributed by atoms with Crippen molar-refractivity contribution in [2.75, 3.05) is 13.7 Å². The Morgan fingerprint density at radius 3 is 2.58 bits per heavy atom. The van der Waals surface area contributed by atoms with E-state index in [0.29, 0.717) is 12.4 Å². The van der Waals surface area contributed by atoms with Crippen molar-refractivity contribution < 1.29 is 9.15 Å². The van der Waals surface area contributed by atoms with E-state index in [-0.39, 0.29) is 0 Å². The molecule has 126 valence electrons. The lowest BCUT2D eigenvalue weighted by atomic mass is 10.2. The van der Waals surface area contributed by atoms with E-state index in [1.807, 2.05) is 30.3 Å². The van der Waals surface area contributed by atoms with Crippen molar-refractivity contribution >= 4 is 22.9 Å². The van der Waals surface area contributed by atoms with Crippen LogP contribution in [0, 0.1) is 0 Å². The Labute approximate surface area is 150 Å². The number of benzene rings is 1. The Morgan fingerprint density at radius 1 is 1.17 bits per heavy atom. The molecule has 0 aliphatic rings. The van der Waals surface area contributed by atoms with E-state index in [1.165, 1.54) is 4.88 Å². The van der Waals surface area contributed by atoms with E-state index in [0.717, 1.165) is 34.5 Å². The molecule has 0 saturated carbocycles. The van der Waals surface area contributed by atoms with Gasteiger partial charge in [-0.25, -0.2) is 4.98 Å². The second kappa shape index (κ2) is 7.83. The van der Waals surface area contributed by atoms with Crippen molar-refractivity contribution in [1.82, 2.24) is 9.88 Å². The highest BCUT2D eigenvalue weighted by Gasteiger charge is 2.12. The average Bonchev–Trinajstić information content (AvgIpc) is 3.23. The number of hydrogen-bond acceptors (Lipinski definition) is 5. The minimum atomic E-state index is 0.669. The summed E-state index contributed by atoms with van der Waals surface area (Å²) in [6.45, 7) is 4.55. The van der Waals surface area contributed by atoms with Crippen molar-refractivity contribution in [3.05, 3.63) is 57.7 Å².